The van der Waals surface area contributed by atoms with Gasteiger partial charge in [-0.2, -0.15) is 0 Å². The van der Waals surface area contributed by atoms with E-state index in [1.807, 2.05) is 43.3 Å². The summed E-state index contributed by atoms with van der Waals surface area (Å²) in [6, 6.07) is 11.7. The molecule has 0 atom stereocenters. The average molecular weight is 273 g/mol. The van der Waals surface area contributed by atoms with Gasteiger partial charge in [-0.1, -0.05) is 23.7 Å². The predicted molar refractivity (Wildman–Crippen MR) is 77.8 cm³/mol. The molecule has 0 unspecified atom stereocenters. The monoisotopic (exact) mass is 272 g/mol. The number of hydrogen-bond acceptors (Lipinski definition) is 2. The van der Waals surface area contributed by atoms with Gasteiger partial charge in [-0.3, -0.25) is 0 Å². The molecule has 0 aliphatic rings. The second-order valence-electron chi connectivity index (χ2n) is 4.41. The van der Waals surface area contributed by atoms with Gasteiger partial charge < -0.3 is 9.72 Å². The van der Waals surface area contributed by atoms with E-state index in [1.165, 1.54) is 0 Å². The van der Waals surface area contributed by atoms with E-state index in [0.717, 1.165) is 28.0 Å². The molecule has 3 rings (SSSR count). The third kappa shape index (κ3) is 2.06. The highest BCUT2D eigenvalue weighted by Gasteiger charge is 2.09. The quantitative estimate of drug-likeness (QED) is 0.759. The second kappa shape index (κ2) is 4.59. The summed E-state index contributed by atoms with van der Waals surface area (Å²) in [5, 5.41) is 0.581. The van der Waals surface area contributed by atoms with Crippen LogP contribution in [-0.4, -0.2) is 17.1 Å². The Labute approximate surface area is 116 Å². The van der Waals surface area contributed by atoms with Gasteiger partial charge in [-0.15, -0.1) is 0 Å². The lowest BCUT2D eigenvalue weighted by atomic mass is 10.2. The molecule has 3 aromatic rings. The number of aryl methyl sites for hydroxylation is 1. The van der Waals surface area contributed by atoms with Crippen LogP contribution < -0.4 is 4.74 Å². The lowest BCUT2D eigenvalue weighted by Gasteiger charge is -2.03. The topological polar surface area (TPSA) is 37.9 Å². The van der Waals surface area contributed by atoms with Crippen LogP contribution in [0.1, 0.15) is 5.56 Å². The number of aromatic amines is 1. The summed E-state index contributed by atoms with van der Waals surface area (Å²) in [6.07, 6.45) is 0. The van der Waals surface area contributed by atoms with Gasteiger partial charge in [0, 0.05) is 5.56 Å². The summed E-state index contributed by atoms with van der Waals surface area (Å²) in [7, 11) is 1.60. The van der Waals surface area contributed by atoms with Gasteiger partial charge in [0.2, 0.25) is 0 Å². The van der Waals surface area contributed by atoms with Gasteiger partial charge in [0.25, 0.3) is 0 Å². The van der Waals surface area contributed by atoms with E-state index in [1.54, 1.807) is 7.11 Å². The molecule has 1 heterocycles. The second-order valence-corrected chi connectivity index (χ2v) is 4.81. The summed E-state index contributed by atoms with van der Waals surface area (Å²) in [5.74, 6) is 1.48. The first-order valence-electron chi connectivity index (χ1n) is 5.98. The van der Waals surface area contributed by atoms with Crippen LogP contribution in [0.5, 0.6) is 5.75 Å². The fourth-order valence-corrected chi connectivity index (χ4v) is 2.38. The van der Waals surface area contributed by atoms with Crippen LogP contribution in [0.4, 0.5) is 0 Å². The molecule has 0 radical (unpaired) electrons. The molecule has 2 aromatic carbocycles. The first kappa shape index (κ1) is 12.1. The Hall–Kier alpha value is -2.00. The summed E-state index contributed by atoms with van der Waals surface area (Å²) >= 11 is 6.14. The number of benzene rings is 2. The Bertz CT molecular complexity index is 749. The normalized spacial score (nSPS) is 10.9. The molecule has 0 aliphatic carbocycles. The van der Waals surface area contributed by atoms with Crippen LogP contribution >= 0.6 is 11.6 Å². The minimum atomic E-state index is 0.581. The van der Waals surface area contributed by atoms with E-state index < -0.39 is 0 Å². The number of ether oxygens (including phenoxy) is 1. The Morgan fingerprint density at radius 3 is 2.74 bits per heavy atom. The first-order chi connectivity index (χ1) is 9.19. The molecular formula is C15H13ClN2O. The van der Waals surface area contributed by atoms with Crippen molar-refractivity contribution in [1.29, 1.82) is 0 Å². The molecule has 0 amide bonds. The Balaban J connectivity index is 2.14. The summed E-state index contributed by atoms with van der Waals surface area (Å²) in [5.41, 5.74) is 4.12. The largest absolute Gasteiger partial charge is 0.495 e. The molecule has 0 bridgehead atoms. The minimum Gasteiger partial charge on any atom is -0.495 e. The Kier molecular flexibility index (Phi) is 2.91. The van der Waals surface area contributed by atoms with Crippen molar-refractivity contribution >= 4 is 22.6 Å². The van der Waals surface area contributed by atoms with Crippen LogP contribution in [0.15, 0.2) is 36.4 Å². The lowest BCUT2D eigenvalue weighted by molar-refractivity contribution is 0.415. The maximum atomic E-state index is 6.14. The molecule has 96 valence electrons. The summed E-state index contributed by atoms with van der Waals surface area (Å²) in [4.78, 5) is 7.93. The third-order valence-corrected chi connectivity index (χ3v) is 3.44. The van der Waals surface area contributed by atoms with Gasteiger partial charge in [0.15, 0.2) is 0 Å². The van der Waals surface area contributed by atoms with E-state index in [2.05, 4.69) is 9.97 Å². The van der Waals surface area contributed by atoms with Crippen LogP contribution in [-0.2, 0) is 0 Å². The SMILES string of the molecule is COc1ccc(-c2nc3c(C)cccc3[nH]2)cc1Cl. The number of aromatic nitrogens is 2. The smallest absolute Gasteiger partial charge is 0.138 e. The van der Waals surface area contributed by atoms with Gasteiger partial charge in [-0.25, -0.2) is 4.98 Å². The van der Waals surface area contributed by atoms with Crippen LogP contribution in [0.25, 0.3) is 22.4 Å². The van der Waals surface area contributed by atoms with Gasteiger partial charge >= 0.3 is 0 Å². The number of H-pyrrole nitrogens is 1. The zero-order chi connectivity index (χ0) is 13.4. The van der Waals surface area contributed by atoms with Crippen molar-refractivity contribution in [2.75, 3.05) is 7.11 Å². The van der Waals surface area contributed by atoms with Crippen molar-refractivity contribution in [2.45, 2.75) is 6.92 Å². The number of hydrogen-bond donors (Lipinski definition) is 1. The molecule has 0 fully saturated rings. The van der Waals surface area contributed by atoms with Crippen LogP contribution in [0.3, 0.4) is 0 Å². The highest BCUT2D eigenvalue weighted by molar-refractivity contribution is 6.32. The molecule has 0 spiro atoms. The molecule has 3 nitrogen and oxygen atoms in total. The van der Waals surface area contributed by atoms with Crippen molar-refractivity contribution < 1.29 is 4.74 Å². The van der Waals surface area contributed by atoms with Crippen LogP contribution in [0, 0.1) is 6.92 Å². The number of imidazole rings is 1. The van der Waals surface area contributed by atoms with E-state index in [0.29, 0.717) is 10.8 Å². The van der Waals surface area contributed by atoms with Crippen molar-refractivity contribution in [2.24, 2.45) is 0 Å². The minimum absolute atomic E-state index is 0.581. The number of methoxy groups -OCH3 is 1. The standard InChI is InChI=1S/C15H13ClN2O/c1-9-4-3-5-12-14(9)18-15(17-12)10-6-7-13(19-2)11(16)8-10/h3-8H,1-2H3,(H,17,18). The third-order valence-electron chi connectivity index (χ3n) is 3.14. The first-order valence-corrected chi connectivity index (χ1v) is 6.36. The predicted octanol–water partition coefficient (Wildman–Crippen LogP) is 4.20. The molecular weight excluding hydrogens is 260 g/mol. The summed E-state index contributed by atoms with van der Waals surface area (Å²) in [6.45, 7) is 2.05. The maximum Gasteiger partial charge on any atom is 0.138 e. The molecule has 1 aromatic heterocycles. The van der Waals surface area contributed by atoms with Gasteiger partial charge in [0.05, 0.1) is 23.2 Å². The number of fused-ring (bicyclic) bond motifs is 1. The molecule has 1 N–H and O–H groups in total. The Morgan fingerprint density at radius 1 is 1.21 bits per heavy atom. The molecule has 0 saturated carbocycles. The fraction of sp³-hybridized carbons (Fsp3) is 0.133. The zero-order valence-corrected chi connectivity index (χ0v) is 11.5. The van der Waals surface area contributed by atoms with Crippen LogP contribution in [0.2, 0.25) is 5.02 Å². The van der Waals surface area contributed by atoms with Gasteiger partial charge in [0.1, 0.15) is 11.6 Å². The van der Waals surface area contributed by atoms with E-state index >= 15 is 0 Å². The molecule has 0 saturated heterocycles. The number of nitrogens with zero attached hydrogens (tertiary/aromatic N) is 1. The number of halogens is 1. The summed E-state index contributed by atoms with van der Waals surface area (Å²) < 4.78 is 5.15. The molecule has 0 aliphatic heterocycles. The number of para-hydroxylation sites is 1. The Morgan fingerprint density at radius 2 is 2.05 bits per heavy atom. The highest BCUT2D eigenvalue weighted by Crippen LogP contribution is 2.30. The number of rotatable bonds is 2. The lowest BCUT2D eigenvalue weighted by Crippen LogP contribution is -1.86. The van der Waals surface area contributed by atoms with Crippen molar-refractivity contribution in [3.8, 4) is 17.1 Å². The molecule has 4 heteroatoms. The van der Waals surface area contributed by atoms with Crippen molar-refractivity contribution in [3.05, 3.63) is 47.0 Å². The van der Waals surface area contributed by atoms with Gasteiger partial charge in [-0.05, 0) is 36.8 Å². The van der Waals surface area contributed by atoms with E-state index in [-0.39, 0.29) is 0 Å². The maximum absolute atomic E-state index is 6.14. The fourth-order valence-electron chi connectivity index (χ4n) is 2.13. The van der Waals surface area contributed by atoms with Crippen molar-refractivity contribution in [3.63, 3.8) is 0 Å². The molecule has 19 heavy (non-hydrogen) atoms. The van der Waals surface area contributed by atoms with Crippen molar-refractivity contribution in [1.82, 2.24) is 9.97 Å². The van der Waals surface area contributed by atoms with E-state index in [9.17, 15) is 0 Å². The van der Waals surface area contributed by atoms with E-state index in [4.69, 9.17) is 16.3 Å². The number of nitrogens with one attached hydrogen (secondary N) is 1. The highest BCUT2D eigenvalue weighted by atomic mass is 35.5. The zero-order valence-electron chi connectivity index (χ0n) is 10.7. The average Bonchev–Trinajstić information content (AvgIpc) is 2.84.